The number of rotatable bonds is 6. The Morgan fingerprint density at radius 2 is 1.73 bits per heavy atom. The van der Waals surface area contributed by atoms with Gasteiger partial charge in [-0.15, -0.1) is 0 Å². The molecule has 0 radical (unpaired) electrons. The highest BCUT2D eigenvalue weighted by molar-refractivity contribution is 5.30. The first kappa shape index (κ1) is 15.3. The topological polar surface area (TPSA) is 24.1 Å². The quantitative estimate of drug-likeness (QED) is 0.852. The Morgan fingerprint density at radius 1 is 1.00 bits per heavy atom. The molecule has 3 rings (SSSR count). The summed E-state index contributed by atoms with van der Waals surface area (Å²) in [6, 6.07) is 20.7. The number of benzene rings is 2. The van der Waals surface area contributed by atoms with Crippen LogP contribution in [-0.2, 0) is 12.8 Å². The van der Waals surface area contributed by atoms with Gasteiger partial charge in [-0.05, 0) is 56.0 Å². The number of nitrogens with one attached hydrogen (secondary N) is 2. The molecule has 0 spiro atoms. The zero-order chi connectivity index (χ0) is 15.2. The van der Waals surface area contributed by atoms with Crippen molar-refractivity contribution in [3.63, 3.8) is 0 Å². The van der Waals surface area contributed by atoms with Crippen molar-refractivity contribution < 1.29 is 0 Å². The van der Waals surface area contributed by atoms with E-state index in [9.17, 15) is 0 Å². The lowest BCUT2D eigenvalue weighted by Gasteiger charge is -2.26. The molecule has 1 aliphatic rings. The van der Waals surface area contributed by atoms with Gasteiger partial charge in [0.05, 0.1) is 0 Å². The van der Waals surface area contributed by atoms with E-state index < -0.39 is 0 Å². The highest BCUT2D eigenvalue weighted by Crippen LogP contribution is 2.21. The molecule has 2 N–H and O–H groups in total. The predicted octanol–water partition coefficient (Wildman–Crippen LogP) is 3.48. The maximum absolute atomic E-state index is 3.76. The fourth-order valence-corrected chi connectivity index (χ4v) is 3.47. The Labute approximate surface area is 134 Å². The van der Waals surface area contributed by atoms with Crippen molar-refractivity contribution in [2.24, 2.45) is 0 Å². The Kier molecular flexibility index (Phi) is 5.25. The van der Waals surface area contributed by atoms with Gasteiger partial charge < -0.3 is 10.6 Å². The molecule has 0 aliphatic heterocycles. The maximum Gasteiger partial charge on any atom is 0.0329 e. The second kappa shape index (κ2) is 7.57. The van der Waals surface area contributed by atoms with Crippen LogP contribution < -0.4 is 10.6 Å². The molecule has 0 amide bonds. The molecule has 2 nitrogen and oxygen atoms in total. The molecule has 0 aromatic heterocycles. The van der Waals surface area contributed by atoms with Crippen molar-refractivity contribution in [3.8, 4) is 0 Å². The van der Waals surface area contributed by atoms with Gasteiger partial charge in [-0.25, -0.2) is 0 Å². The molecular formula is C20H26N2. The Morgan fingerprint density at radius 3 is 2.50 bits per heavy atom. The van der Waals surface area contributed by atoms with E-state index in [2.05, 4.69) is 72.3 Å². The van der Waals surface area contributed by atoms with Gasteiger partial charge in [-0.3, -0.25) is 0 Å². The molecule has 2 atom stereocenters. The van der Waals surface area contributed by atoms with Crippen molar-refractivity contribution in [2.75, 3.05) is 13.6 Å². The molecule has 2 aromatic rings. The van der Waals surface area contributed by atoms with E-state index in [0.29, 0.717) is 12.1 Å². The Balaban J connectivity index is 1.49. The molecule has 0 heterocycles. The normalized spacial score (nSPS) is 18.7. The monoisotopic (exact) mass is 294 g/mol. The first-order chi connectivity index (χ1) is 10.9. The predicted molar refractivity (Wildman–Crippen MR) is 93.1 cm³/mol. The smallest absolute Gasteiger partial charge is 0.0329 e. The number of hydrogen-bond acceptors (Lipinski definition) is 2. The van der Waals surface area contributed by atoms with Crippen LogP contribution in [0.2, 0.25) is 0 Å². The molecule has 2 aromatic carbocycles. The molecule has 1 aliphatic carbocycles. The van der Waals surface area contributed by atoms with Gasteiger partial charge >= 0.3 is 0 Å². The Bertz CT molecular complexity index is 579. The van der Waals surface area contributed by atoms with E-state index in [1.54, 1.807) is 0 Å². The van der Waals surface area contributed by atoms with Gasteiger partial charge in [0.25, 0.3) is 0 Å². The average molecular weight is 294 g/mol. The summed E-state index contributed by atoms with van der Waals surface area (Å²) in [5.41, 5.74) is 4.44. The third-order valence-electron chi connectivity index (χ3n) is 4.76. The van der Waals surface area contributed by atoms with Crippen LogP contribution in [0.5, 0.6) is 0 Å². The zero-order valence-corrected chi connectivity index (χ0v) is 13.4. The number of hydrogen-bond donors (Lipinski definition) is 2. The lowest BCUT2D eigenvalue weighted by atomic mass is 9.88. The van der Waals surface area contributed by atoms with Crippen LogP contribution in [0.25, 0.3) is 0 Å². The lowest BCUT2D eigenvalue weighted by molar-refractivity contribution is 0.429. The number of aryl methyl sites for hydroxylation is 1. The van der Waals surface area contributed by atoms with Crippen LogP contribution in [0.1, 0.15) is 35.6 Å². The molecule has 2 heteroatoms. The van der Waals surface area contributed by atoms with Crippen molar-refractivity contribution >= 4 is 0 Å². The number of fused-ring (bicyclic) bond motifs is 1. The highest BCUT2D eigenvalue weighted by Gasteiger charge is 2.18. The van der Waals surface area contributed by atoms with E-state index in [4.69, 9.17) is 0 Å². The van der Waals surface area contributed by atoms with Crippen molar-refractivity contribution in [1.82, 2.24) is 10.6 Å². The van der Waals surface area contributed by atoms with Gasteiger partial charge in [-0.2, -0.15) is 0 Å². The molecule has 0 fully saturated rings. The third kappa shape index (κ3) is 3.76. The molecule has 2 unspecified atom stereocenters. The van der Waals surface area contributed by atoms with Crippen molar-refractivity contribution in [2.45, 2.75) is 37.8 Å². The third-order valence-corrected chi connectivity index (χ3v) is 4.76. The summed E-state index contributed by atoms with van der Waals surface area (Å²) in [5, 5.41) is 7.19. The summed E-state index contributed by atoms with van der Waals surface area (Å²) in [7, 11) is 2.05. The van der Waals surface area contributed by atoms with Crippen LogP contribution in [0.4, 0.5) is 0 Å². The molecular weight excluding hydrogens is 268 g/mol. The minimum absolute atomic E-state index is 0.435. The van der Waals surface area contributed by atoms with E-state index in [-0.39, 0.29) is 0 Å². The van der Waals surface area contributed by atoms with E-state index in [1.807, 2.05) is 0 Å². The SMILES string of the molecule is CNC(CCNC1CCc2ccccc2C1)c1ccccc1. The van der Waals surface area contributed by atoms with Crippen LogP contribution in [0, 0.1) is 0 Å². The van der Waals surface area contributed by atoms with Gasteiger partial charge in [0.1, 0.15) is 0 Å². The summed E-state index contributed by atoms with van der Waals surface area (Å²) in [6.45, 7) is 1.06. The van der Waals surface area contributed by atoms with Gasteiger partial charge in [0.15, 0.2) is 0 Å². The largest absolute Gasteiger partial charge is 0.314 e. The first-order valence-electron chi connectivity index (χ1n) is 8.39. The fraction of sp³-hybridized carbons (Fsp3) is 0.400. The van der Waals surface area contributed by atoms with E-state index >= 15 is 0 Å². The minimum Gasteiger partial charge on any atom is -0.314 e. The molecule has 116 valence electrons. The van der Waals surface area contributed by atoms with E-state index in [1.165, 1.54) is 36.0 Å². The second-order valence-electron chi connectivity index (χ2n) is 6.20. The van der Waals surface area contributed by atoms with Crippen LogP contribution in [0.15, 0.2) is 54.6 Å². The molecule has 0 saturated carbocycles. The van der Waals surface area contributed by atoms with E-state index in [0.717, 1.165) is 13.0 Å². The van der Waals surface area contributed by atoms with Gasteiger partial charge in [-0.1, -0.05) is 54.6 Å². The lowest BCUT2D eigenvalue weighted by Crippen LogP contribution is -2.36. The summed E-state index contributed by atoms with van der Waals surface area (Å²) in [6.07, 6.45) is 4.76. The molecule has 0 saturated heterocycles. The minimum atomic E-state index is 0.435. The molecule has 22 heavy (non-hydrogen) atoms. The molecule has 0 bridgehead atoms. The first-order valence-corrected chi connectivity index (χ1v) is 8.39. The van der Waals surface area contributed by atoms with Gasteiger partial charge in [0.2, 0.25) is 0 Å². The van der Waals surface area contributed by atoms with Crippen LogP contribution >= 0.6 is 0 Å². The van der Waals surface area contributed by atoms with Crippen molar-refractivity contribution in [1.29, 1.82) is 0 Å². The standard InChI is InChI=1S/C20H26N2/c1-21-20(17-8-3-2-4-9-17)13-14-22-19-12-11-16-7-5-6-10-18(16)15-19/h2-10,19-22H,11-15H2,1H3. The van der Waals surface area contributed by atoms with Gasteiger partial charge in [0, 0.05) is 12.1 Å². The average Bonchev–Trinajstić information content (AvgIpc) is 2.59. The summed E-state index contributed by atoms with van der Waals surface area (Å²) in [5.74, 6) is 0. The van der Waals surface area contributed by atoms with Crippen LogP contribution in [-0.4, -0.2) is 19.6 Å². The zero-order valence-electron chi connectivity index (χ0n) is 13.4. The fourth-order valence-electron chi connectivity index (χ4n) is 3.47. The van der Waals surface area contributed by atoms with Crippen LogP contribution in [0.3, 0.4) is 0 Å². The van der Waals surface area contributed by atoms with Crippen molar-refractivity contribution in [3.05, 3.63) is 71.3 Å². The summed E-state index contributed by atoms with van der Waals surface area (Å²) < 4.78 is 0. The maximum atomic E-state index is 3.76. The second-order valence-corrected chi connectivity index (χ2v) is 6.20. The summed E-state index contributed by atoms with van der Waals surface area (Å²) in [4.78, 5) is 0. The Hall–Kier alpha value is -1.64. The highest BCUT2D eigenvalue weighted by atomic mass is 14.9. The summed E-state index contributed by atoms with van der Waals surface area (Å²) >= 11 is 0.